The van der Waals surface area contributed by atoms with Gasteiger partial charge in [-0.05, 0) is 36.6 Å². The molecule has 1 atom stereocenters. The van der Waals surface area contributed by atoms with Crippen LogP contribution in [0.1, 0.15) is 30.5 Å². The smallest absolute Gasteiger partial charge is 0.142 e. The molecule has 0 radical (unpaired) electrons. The van der Waals surface area contributed by atoms with Crippen LogP contribution in [-0.2, 0) is 6.42 Å². The molecular formula is C17H19ClFN. The molecule has 0 saturated heterocycles. The van der Waals surface area contributed by atoms with Crippen molar-refractivity contribution in [1.29, 1.82) is 0 Å². The molecule has 20 heavy (non-hydrogen) atoms. The maximum Gasteiger partial charge on any atom is 0.142 e. The number of hydrogen-bond acceptors (Lipinski definition) is 1. The molecule has 106 valence electrons. The lowest BCUT2D eigenvalue weighted by atomic mass is 9.98. The molecule has 0 fully saturated rings. The van der Waals surface area contributed by atoms with Crippen LogP contribution < -0.4 is 5.32 Å². The van der Waals surface area contributed by atoms with Crippen molar-refractivity contribution in [2.24, 2.45) is 0 Å². The van der Waals surface area contributed by atoms with Crippen LogP contribution in [0, 0.1) is 5.82 Å². The van der Waals surface area contributed by atoms with E-state index in [9.17, 15) is 4.39 Å². The van der Waals surface area contributed by atoms with Crippen LogP contribution in [0.3, 0.4) is 0 Å². The predicted molar refractivity (Wildman–Crippen MR) is 82.6 cm³/mol. The molecule has 0 aliphatic heterocycles. The van der Waals surface area contributed by atoms with Crippen molar-refractivity contribution in [2.75, 3.05) is 6.54 Å². The zero-order valence-corrected chi connectivity index (χ0v) is 12.3. The van der Waals surface area contributed by atoms with E-state index in [2.05, 4.69) is 17.4 Å². The van der Waals surface area contributed by atoms with Gasteiger partial charge in [-0.1, -0.05) is 61.0 Å². The zero-order valence-electron chi connectivity index (χ0n) is 11.6. The van der Waals surface area contributed by atoms with Crippen LogP contribution in [0.15, 0.2) is 48.5 Å². The predicted octanol–water partition coefficient (Wildman–Crippen LogP) is 4.76. The van der Waals surface area contributed by atoms with E-state index < -0.39 is 0 Å². The summed E-state index contributed by atoms with van der Waals surface area (Å²) in [6, 6.07) is 15.4. The Morgan fingerprint density at radius 3 is 2.55 bits per heavy atom. The Hall–Kier alpha value is -1.38. The Balaban J connectivity index is 2.12. The highest BCUT2D eigenvalue weighted by Gasteiger charge is 2.15. The number of hydrogen-bond donors (Lipinski definition) is 1. The van der Waals surface area contributed by atoms with E-state index in [1.54, 1.807) is 6.07 Å². The lowest BCUT2D eigenvalue weighted by Crippen LogP contribution is -2.22. The van der Waals surface area contributed by atoms with Crippen LogP contribution in [0.4, 0.5) is 4.39 Å². The highest BCUT2D eigenvalue weighted by molar-refractivity contribution is 6.31. The van der Waals surface area contributed by atoms with Crippen molar-refractivity contribution in [2.45, 2.75) is 25.8 Å². The molecule has 0 bridgehead atoms. The van der Waals surface area contributed by atoms with Crippen molar-refractivity contribution in [3.8, 4) is 0 Å². The van der Waals surface area contributed by atoms with E-state index in [-0.39, 0.29) is 16.9 Å². The summed E-state index contributed by atoms with van der Waals surface area (Å²) in [4.78, 5) is 0. The summed E-state index contributed by atoms with van der Waals surface area (Å²) in [6.07, 6.45) is 1.83. The first-order valence-corrected chi connectivity index (χ1v) is 7.31. The third-order valence-electron chi connectivity index (χ3n) is 3.37. The molecule has 1 N–H and O–H groups in total. The minimum atomic E-state index is -0.355. The molecule has 2 aromatic rings. The van der Waals surface area contributed by atoms with Crippen molar-refractivity contribution in [1.82, 2.24) is 5.32 Å². The van der Waals surface area contributed by atoms with Crippen LogP contribution in [0.25, 0.3) is 0 Å². The van der Waals surface area contributed by atoms with E-state index in [1.807, 2.05) is 31.2 Å². The van der Waals surface area contributed by atoms with Crippen molar-refractivity contribution in [3.05, 3.63) is 70.5 Å². The van der Waals surface area contributed by atoms with Gasteiger partial charge >= 0.3 is 0 Å². The summed E-state index contributed by atoms with van der Waals surface area (Å²) < 4.78 is 13.6. The minimum absolute atomic E-state index is 0.0726. The molecule has 0 aromatic heterocycles. The quantitative estimate of drug-likeness (QED) is 0.809. The maximum absolute atomic E-state index is 13.6. The standard InChI is InChI=1S/C17H19ClFN/c1-2-20-16(12-11-13-7-4-3-5-8-13)14-9-6-10-15(19)17(14)18/h3-10,16,20H,2,11-12H2,1H3. The van der Waals surface area contributed by atoms with Gasteiger partial charge < -0.3 is 5.32 Å². The second-order valence-corrected chi connectivity index (χ2v) is 5.16. The van der Waals surface area contributed by atoms with E-state index in [4.69, 9.17) is 11.6 Å². The van der Waals surface area contributed by atoms with Crippen molar-refractivity contribution < 1.29 is 4.39 Å². The molecule has 0 spiro atoms. The third kappa shape index (κ3) is 3.81. The van der Waals surface area contributed by atoms with Gasteiger partial charge in [0.05, 0.1) is 5.02 Å². The van der Waals surface area contributed by atoms with Gasteiger partial charge in [0, 0.05) is 6.04 Å². The number of aryl methyl sites for hydroxylation is 1. The molecular weight excluding hydrogens is 273 g/mol. The fourth-order valence-electron chi connectivity index (χ4n) is 2.36. The summed E-state index contributed by atoms with van der Waals surface area (Å²) in [5.74, 6) is -0.355. The largest absolute Gasteiger partial charge is 0.310 e. The van der Waals surface area contributed by atoms with Gasteiger partial charge in [-0.25, -0.2) is 4.39 Å². The van der Waals surface area contributed by atoms with Gasteiger partial charge in [0.25, 0.3) is 0 Å². The Morgan fingerprint density at radius 1 is 1.10 bits per heavy atom. The topological polar surface area (TPSA) is 12.0 Å². The maximum atomic E-state index is 13.6. The minimum Gasteiger partial charge on any atom is -0.310 e. The zero-order chi connectivity index (χ0) is 14.4. The molecule has 0 aliphatic rings. The van der Waals surface area contributed by atoms with Crippen molar-refractivity contribution in [3.63, 3.8) is 0 Å². The number of rotatable bonds is 6. The van der Waals surface area contributed by atoms with Gasteiger partial charge in [0.15, 0.2) is 0 Å². The average Bonchev–Trinajstić information content (AvgIpc) is 2.48. The normalized spacial score (nSPS) is 12.3. The molecule has 3 heteroatoms. The molecule has 2 aromatic carbocycles. The Morgan fingerprint density at radius 2 is 1.85 bits per heavy atom. The lowest BCUT2D eigenvalue weighted by Gasteiger charge is -2.20. The summed E-state index contributed by atoms with van der Waals surface area (Å²) in [7, 11) is 0. The van der Waals surface area contributed by atoms with Crippen LogP contribution in [0.2, 0.25) is 5.02 Å². The van der Waals surface area contributed by atoms with Gasteiger partial charge in [-0.15, -0.1) is 0 Å². The summed E-state index contributed by atoms with van der Waals surface area (Å²) >= 11 is 6.09. The fourth-order valence-corrected chi connectivity index (χ4v) is 2.62. The molecule has 1 unspecified atom stereocenters. The van der Waals surface area contributed by atoms with Crippen LogP contribution in [0.5, 0.6) is 0 Å². The SMILES string of the molecule is CCNC(CCc1ccccc1)c1cccc(F)c1Cl. The highest BCUT2D eigenvalue weighted by Crippen LogP contribution is 2.28. The first-order chi connectivity index (χ1) is 9.72. The van der Waals surface area contributed by atoms with Gasteiger partial charge in [-0.2, -0.15) is 0 Å². The van der Waals surface area contributed by atoms with Crippen LogP contribution in [-0.4, -0.2) is 6.54 Å². The van der Waals surface area contributed by atoms with Gasteiger partial charge in [-0.3, -0.25) is 0 Å². The Bertz CT molecular complexity index is 542. The summed E-state index contributed by atoms with van der Waals surface area (Å²) in [6.45, 7) is 2.87. The third-order valence-corrected chi connectivity index (χ3v) is 3.77. The van der Waals surface area contributed by atoms with Crippen molar-refractivity contribution >= 4 is 11.6 Å². The second kappa shape index (κ2) is 7.41. The molecule has 0 aliphatic carbocycles. The first-order valence-electron chi connectivity index (χ1n) is 6.93. The highest BCUT2D eigenvalue weighted by atomic mass is 35.5. The fraction of sp³-hybridized carbons (Fsp3) is 0.294. The van der Waals surface area contributed by atoms with Gasteiger partial charge in [0.1, 0.15) is 5.82 Å². The molecule has 1 nitrogen and oxygen atoms in total. The summed E-state index contributed by atoms with van der Waals surface area (Å²) in [5.41, 5.74) is 2.12. The monoisotopic (exact) mass is 291 g/mol. The number of nitrogens with one attached hydrogen (secondary N) is 1. The molecule has 0 saturated carbocycles. The number of halogens is 2. The Kier molecular flexibility index (Phi) is 5.57. The first kappa shape index (κ1) is 15.0. The average molecular weight is 292 g/mol. The second-order valence-electron chi connectivity index (χ2n) is 4.78. The number of benzene rings is 2. The molecule has 2 rings (SSSR count). The Labute approximate surface area is 124 Å². The van der Waals surface area contributed by atoms with E-state index in [1.165, 1.54) is 11.6 Å². The molecule has 0 heterocycles. The van der Waals surface area contributed by atoms with Crippen LogP contribution >= 0.6 is 11.6 Å². The van der Waals surface area contributed by atoms with E-state index in [0.29, 0.717) is 0 Å². The molecule has 0 amide bonds. The van der Waals surface area contributed by atoms with E-state index >= 15 is 0 Å². The lowest BCUT2D eigenvalue weighted by molar-refractivity contribution is 0.511. The summed E-state index contributed by atoms with van der Waals surface area (Å²) in [5, 5.41) is 3.61. The van der Waals surface area contributed by atoms with Gasteiger partial charge in [0.2, 0.25) is 0 Å². The van der Waals surface area contributed by atoms with E-state index in [0.717, 1.165) is 24.9 Å².